The van der Waals surface area contributed by atoms with Crippen molar-refractivity contribution in [1.29, 1.82) is 0 Å². The molecule has 0 fully saturated rings. The van der Waals surface area contributed by atoms with Crippen molar-refractivity contribution in [1.82, 2.24) is 20.9 Å². The van der Waals surface area contributed by atoms with Gasteiger partial charge in [-0.25, -0.2) is 9.78 Å². The number of pyridine rings is 1. The summed E-state index contributed by atoms with van der Waals surface area (Å²) in [5.41, 5.74) is 1.82. The lowest BCUT2D eigenvalue weighted by atomic mass is 10.2. The van der Waals surface area contributed by atoms with Crippen LogP contribution >= 0.6 is 11.6 Å². The van der Waals surface area contributed by atoms with Gasteiger partial charge in [0.25, 0.3) is 0 Å². The van der Waals surface area contributed by atoms with Gasteiger partial charge in [-0.2, -0.15) is 0 Å². The maximum atomic E-state index is 11.7. The first kappa shape index (κ1) is 16.8. The number of carbonyl (C=O) groups excluding carboxylic acids is 2. The van der Waals surface area contributed by atoms with Crippen LogP contribution in [0.15, 0.2) is 48.7 Å². The lowest BCUT2D eigenvalue weighted by molar-refractivity contribution is -0.120. The lowest BCUT2D eigenvalue weighted by Gasteiger charge is -2.08. The second kappa shape index (κ2) is 8.75. The number of rotatable bonds is 6. The molecule has 6 nitrogen and oxygen atoms in total. The van der Waals surface area contributed by atoms with Crippen LogP contribution < -0.4 is 16.0 Å². The average molecular weight is 333 g/mol. The highest BCUT2D eigenvalue weighted by Gasteiger charge is 2.05. The van der Waals surface area contributed by atoms with Crippen molar-refractivity contribution in [3.63, 3.8) is 0 Å². The van der Waals surface area contributed by atoms with Gasteiger partial charge in [0.05, 0.1) is 6.54 Å². The Morgan fingerprint density at radius 2 is 1.65 bits per heavy atom. The van der Waals surface area contributed by atoms with Crippen LogP contribution in [0.25, 0.3) is 0 Å². The van der Waals surface area contributed by atoms with Crippen molar-refractivity contribution in [3.05, 3.63) is 64.9 Å². The summed E-state index contributed by atoms with van der Waals surface area (Å²) in [6.45, 7) is 0.651. The van der Waals surface area contributed by atoms with Crippen LogP contribution in [0.3, 0.4) is 0 Å². The van der Waals surface area contributed by atoms with E-state index in [0.29, 0.717) is 18.2 Å². The summed E-state index contributed by atoms with van der Waals surface area (Å²) in [7, 11) is 0. The highest BCUT2D eigenvalue weighted by atomic mass is 35.5. The molecule has 120 valence electrons. The number of nitrogens with zero attached hydrogens (tertiary/aromatic N) is 1. The quantitative estimate of drug-likeness (QED) is 0.706. The average Bonchev–Trinajstić information content (AvgIpc) is 2.58. The summed E-state index contributed by atoms with van der Waals surface area (Å²) in [5.74, 6) is -0.253. The Morgan fingerprint density at radius 1 is 0.913 bits per heavy atom. The minimum atomic E-state index is -0.421. The van der Waals surface area contributed by atoms with Gasteiger partial charge in [-0.05, 0) is 17.2 Å². The zero-order valence-electron chi connectivity index (χ0n) is 12.4. The Kier molecular flexibility index (Phi) is 6.38. The van der Waals surface area contributed by atoms with Crippen LogP contribution in [0, 0.1) is 0 Å². The molecule has 3 amide bonds. The molecule has 0 unspecified atom stereocenters. The van der Waals surface area contributed by atoms with E-state index in [2.05, 4.69) is 20.9 Å². The summed E-state index contributed by atoms with van der Waals surface area (Å²) in [5, 5.41) is 8.25. The van der Waals surface area contributed by atoms with E-state index >= 15 is 0 Å². The van der Waals surface area contributed by atoms with Crippen molar-refractivity contribution >= 4 is 23.5 Å². The second-order valence-electron chi connectivity index (χ2n) is 4.79. The van der Waals surface area contributed by atoms with Crippen molar-refractivity contribution < 1.29 is 9.59 Å². The molecule has 0 saturated heterocycles. The van der Waals surface area contributed by atoms with Gasteiger partial charge in [-0.15, -0.1) is 0 Å². The first-order valence-corrected chi connectivity index (χ1v) is 7.44. The molecule has 2 aromatic rings. The lowest BCUT2D eigenvalue weighted by Crippen LogP contribution is -2.41. The molecular formula is C16H17ClN4O2. The third kappa shape index (κ3) is 6.36. The van der Waals surface area contributed by atoms with Crippen molar-refractivity contribution in [2.45, 2.75) is 13.1 Å². The second-order valence-corrected chi connectivity index (χ2v) is 5.17. The Hall–Kier alpha value is -2.60. The Morgan fingerprint density at radius 3 is 2.35 bits per heavy atom. The maximum absolute atomic E-state index is 11.7. The number of carbonyl (C=O) groups is 2. The highest BCUT2D eigenvalue weighted by molar-refractivity contribution is 6.29. The third-order valence-electron chi connectivity index (χ3n) is 2.98. The van der Waals surface area contributed by atoms with Gasteiger partial charge in [0.2, 0.25) is 5.91 Å². The van der Waals surface area contributed by atoms with E-state index in [1.807, 2.05) is 30.3 Å². The van der Waals surface area contributed by atoms with Crippen LogP contribution in [-0.4, -0.2) is 23.5 Å². The molecule has 0 aliphatic rings. The standard InChI is InChI=1S/C16H17ClN4O2/c17-14-7-6-13(9-18-14)10-20-16(23)21-11-15(22)19-8-12-4-2-1-3-5-12/h1-7,9H,8,10-11H2,(H,19,22)(H2,20,21,23). The first-order valence-electron chi connectivity index (χ1n) is 7.06. The Bertz CT molecular complexity index is 647. The highest BCUT2D eigenvalue weighted by Crippen LogP contribution is 2.04. The predicted octanol–water partition coefficient (Wildman–Crippen LogP) is 1.85. The Labute approximate surface area is 139 Å². The fourth-order valence-electron chi connectivity index (χ4n) is 1.78. The number of aromatic nitrogens is 1. The predicted molar refractivity (Wildman–Crippen MR) is 87.8 cm³/mol. The molecule has 1 heterocycles. The van der Waals surface area contributed by atoms with Crippen LogP contribution in [0.1, 0.15) is 11.1 Å². The van der Waals surface area contributed by atoms with Gasteiger partial charge in [0.1, 0.15) is 5.15 Å². The molecule has 0 spiro atoms. The van der Waals surface area contributed by atoms with Crippen LogP contribution in [0.2, 0.25) is 5.15 Å². The van der Waals surface area contributed by atoms with Crippen molar-refractivity contribution in [2.24, 2.45) is 0 Å². The Balaban J connectivity index is 1.63. The van der Waals surface area contributed by atoms with Gasteiger partial charge in [-0.1, -0.05) is 48.0 Å². The minimum Gasteiger partial charge on any atom is -0.350 e. The van der Waals surface area contributed by atoms with Crippen LogP contribution in [0.4, 0.5) is 4.79 Å². The number of halogens is 1. The number of hydrogen-bond donors (Lipinski definition) is 3. The zero-order valence-corrected chi connectivity index (χ0v) is 13.1. The fraction of sp³-hybridized carbons (Fsp3) is 0.188. The van der Waals surface area contributed by atoms with E-state index in [-0.39, 0.29) is 12.5 Å². The maximum Gasteiger partial charge on any atom is 0.315 e. The normalized spacial score (nSPS) is 9.96. The van der Waals surface area contributed by atoms with Gasteiger partial charge in [0, 0.05) is 19.3 Å². The molecule has 1 aromatic heterocycles. The SMILES string of the molecule is O=C(CNC(=O)NCc1ccc(Cl)nc1)NCc1ccccc1. The molecule has 0 saturated carbocycles. The van der Waals surface area contributed by atoms with E-state index in [1.54, 1.807) is 18.3 Å². The minimum absolute atomic E-state index is 0.0858. The van der Waals surface area contributed by atoms with Gasteiger partial charge >= 0.3 is 6.03 Å². The first-order chi connectivity index (χ1) is 11.1. The van der Waals surface area contributed by atoms with E-state index in [1.165, 1.54) is 0 Å². The third-order valence-corrected chi connectivity index (χ3v) is 3.21. The zero-order chi connectivity index (χ0) is 16.5. The summed E-state index contributed by atoms with van der Waals surface area (Å²) in [4.78, 5) is 27.2. The van der Waals surface area contributed by atoms with Crippen molar-refractivity contribution in [3.8, 4) is 0 Å². The number of amides is 3. The summed E-state index contributed by atoms with van der Waals surface area (Å²) < 4.78 is 0. The van der Waals surface area contributed by atoms with Gasteiger partial charge in [-0.3, -0.25) is 4.79 Å². The molecule has 0 aliphatic carbocycles. The van der Waals surface area contributed by atoms with Gasteiger partial charge in [0.15, 0.2) is 0 Å². The monoisotopic (exact) mass is 332 g/mol. The van der Waals surface area contributed by atoms with Gasteiger partial charge < -0.3 is 16.0 Å². The molecular weight excluding hydrogens is 316 g/mol. The van der Waals surface area contributed by atoms with E-state index < -0.39 is 6.03 Å². The molecule has 0 bridgehead atoms. The summed E-state index contributed by atoms with van der Waals surface area (Å²) in [6.07, 6.45) is 1.58. The topological polar surface area (TPSA) is 83.1 Å². The molecule has 23 heavy (non-hydrogen) atoms. The van der Waals surface area contributed by atoms with Crippen LogP contribution in [-0.2, 0) is 17.9 Å². The number of nitrogens with one attached hydrogen (secondary N) is 3. The van der Waals surface area contributed by atoms with Crippen LogP contribution in [0.5, 0.6) is 0 Å². The van der Waals surface area contributed by atoms with E-state index in [0.717, 1.165) is 11.1 Å². The van der Waals surface area contributed by atoms with E-state index in [9.17, 15) is 9.59 Å². The molecule has 3 N–H and O–H groups in total. The summed E-state index contributed by atoms with van der Waals surface area (Å²) in [6, 6.07) is 12.5. The van der Waals surface area contributed by atoms with E-state index in [4.69, 9.17) is 11.6 Å². The molecule has 2 rings (SSSR count). The van der Waals surface area contributed by atoms with Crippen molar-refractivity contribution in [2.75, 3.05) is 6.54 Å². The number of urea groups is 1. The molecule has 1 aromatic carbocycles. The number of hydrogen-bond acceptors (Lipinski definition) is 3. The summed E-state index contributed by atoms with van der Waals surface area (Å²) >= 11 is 5.68. The smallest absolute Gasteiger partial charge is 0.315 e. The molecule has 0 radical (unpaired) electrons. The molecule has 0 atom stereocenters. The number of benzene rings is 1. The molecule has 7 heteroatoms. The largest absolute Gasteiger partial charge is 0.350 e. The molecule has 0 aliphatic heterocycles. The fourth-order valence-corrected chi connectivity index (χ4v) is 1.89.